The van der Waals surface area contributed by atoms with Crippen LogP contribution in [0.4, 0.5) is 24.7 Å². The third kappa shape index (κ3) is 2.67. The molecule has 0 atom stereocenters. The van der Waals surface area contributed by atoms with E-state index in [1.54, 1.807) is 0 Å². The van der Waals surface area contributed by atoms with Crippen LogP contribution in [0.2, 0.25) is 10.0 Å². The zero-order valence-electron chi connectivity index (χ0n) is 10.5. The first-order valence-corrected chi connectivity index (χ1v) is 6.59. The van der Waals surface area contributed by atoms with Crippen LogP contribution in [-0.4, -0.2) is 19.9 Å². The van der Waals surface area contributed by atoms with Crippen LogP contribution in [0.15, 0.2) is 24.8 Å². The maximum absolute atomic E-state index is 12.7. The number of alkyl halides is 3. The van der Waals surface area contributed by atoms with Gasteiger partial charge in [-0.3, -0.25) is 0 Å². The van der Waals surface area contributed by atoms with Gasteiger partial charge in [0.2, 0.25) is 0 Å². The van der Waals surface area contributed by atoms with E-state index >= 15 is 0 Å². The van der Waals surface area contributed by atoms with Crippen LogP contribution in [0.3, 0.4) is 0 Å². The molecule has 0 amide bonds. The van der Waals surface area contributed by atoms with Gasteiger partial charge in [-0.15, -0.1) is 0 Å². The SMILES string of the molecule is FC(F)(F)c1cc(Cl)c(Nc2ncnc3nc[nH]c23)c(Cl)c1. The Morgan fingerprint density at radius 1 is 1.05 bits per heavy atom. The first-order valence-electron chi connectivity index (χ1n) is 5.83. The molecule has 3 rings (SSSR count). The third-order valence-electron chi connectivity index (χ3n) is 2.84. The van der Waals surface area contributed by atoms with E-state index in [0.717, 1.165) is 12.1 Å². The van der Waals surface area contributed by atoms with Crippen molar-refractivity contribution in [2.45, 2.75) is 6.18 Å². The fraction of sp³-hybridized carbons (Fsp3) is 0.0833. The number of halogens is 5. The van der Waals surface area contributed by atoms with Crippen molar-refractivity contribution >= 4 is 45.9 Å². The highest BCUT2D eigenvalue weighted by Crippen LogP contribution is 2.39. The van der Waals surface area contributed by atoms with Gasteiger partial charge in [0.25, 0.3) is 0 Å². The molecule has 22 heavy (non-hydrogen) atoms. The molecular formula is C12H6Cl2F3N5. The summed E-state index contributed by atoms with van der Waals surface area (Å²) in [6, 6.07) is 1.59. The number of H-pyrrole nitrogens is 1. The van der Waals surface area contributed by atoms with Gasteiger partial charge in [0.05, 0.1) is 27.6 Å². The predicted octanol–water partition coefficient (Wildman–Crippen LogP) is 4.42. The molecule has 0 saturated carbocycles. The Hall–Kier alpha value is -2.06. The predicted molar refractivity (Wildman–Crippen MR) is 76.4 cm³/mol. The van der Waals surface area contributed by atoms with Gasteiger partial charge >= 0.3 is 6.18 Å². The van der Waals surface area contributed by atoms with Gasteiger partial charge in [-0.2, -0.15) is 13.2 Å². The molecule has 0 aliphatic carbocycles. The molecule has 2 heterocycles. The van der Waals surface area contributed by atoms with E-state index < -0.39 is 11.7 Å². The first-order chi connectivity index (χ1) is 10.4. The number of imidazole rings is 1. The minimum absolute atomic E-state index is 0.117. The van der Waals surface area contributed by atoms with Crippen LogP contribution < -0.4 is 5.32 Å². The van der Waals surface area contributed by atoms with Gasteiger partial charge in [0, 0.05) is 0 Å². The second-order valence-corrected chi connectivity index (χ2v) is 5.08. The third-order valence-corrected chi connectivity index (χ3v) is 3.43. The summed E-state index contributed by atoms with van der Waals surface area (Å²) in [5.41, 5.74) is 0.0690. The topological polar surface area (TPSA) is 66.5 Å². The molecule has 0 fully saturated rings. The fourth-order valence-corrected chi connectivity index (χ4v) is 2.42. The lowest BCUT2D eigenvalue weighted by molar-refractivity contribution is -0.137. The number of aromatic amines is 1. The summed E-state index contributed by atoms with van der Waals surface area (Å²) in [5.74, 6) is 0.297. The molecule has 2 aromatic heterocycles. The molecule has 114 valence electrons. The summed E-state index contributed by atoms with van der Waals surface area (Å²) in [7, 11) is 0. The maximum atomic E-state index is 12.7. The van der Waals surface area contributed by atoms with Crippen molar-refractivity contribution in [1.82, 2.24) is 19.9 Å². The molecule has 0 unspecified atom stereocenters. The van der Waals surface area contributed by atoms with E-state index in [-0.39, 0.29) is 15.7 Å². The number of nitrogens with one attached hydrogen (secondary N) is 2. The van der Waals surface area contributed by atoms with E-state index in [1.165, 1.54) is 12.7 Å². The molecule has 0 spiro atoms. The van der Waals surface area contributed by atoms with Gasteiger partial charge in [-0.05, 0) is 12.1 Å². The Kier molecular flexibility index (Phi) is 3.57. The molecule has 5 nitrogen and oxygen atoms in total. The molecule has 10 heteroatoms. The molecule has 0 radical (unpaired) electrons. The Morgan fingerprint density at radius 3 is 2.36 bits per heavy atom. The fourth-order valence-electron chi connectivity index (χ4n) is 1.83. The lowest BCUT2D eigenvalue weighted by atomic mass is 10.2. The summed E-state index contributed by atoms with van der Waals surface area (Å²) in [4.78, 5) is 14.7. The number of aromatic nitrogens is 4. The molecule has 3 aromatic rings. The lowest BCUT2D eigenvalue weighted by Gasteiger charge is -2.13. The highest BCUT2D eigenvalue weighted by Gasteiger charge is 2.32. The Balaban J connectivity index is 2.04. The van der Waals surface area contributed by atoms with E-state index in [1.807, 2.05) is 0 Å². The van der Waals surface area contributed by atoms with Gasteiger partial charge < -0.3 is 10.3 Å². The van der Waals surface area contributed by atoms with E-state index in [4.69, 9.17) is 23.2 Å². The number of fused-ring (bicyclic) bond motifs is 1. The van der Waals surface area contributed by atoms with Crippen LogP contribution in [-0.2, 0) is 6.18 Å². The zero-order valence-corrected chi connectivity index (χ0v) is 12.1. The van der Waals surface area contributed by atoms with Crippen LogP contribution in [0.25, 0.3) is 11.2 Å². The molecule has 0 aliphatic rings. The smallest absolute Gasteiger partial charge is 0.340 e. The zero-order chi connectivity index (χ0) is 15.9. The number of hydrogen-bond donors (Lipinski definition) is 2. The minimum Gasteiger partial charge on any atom is -0.340 e. The van der Waals surface area contributed by atoms with E-state index in [0.29, 0.717) is 17.0 Å². The second kappa shape index (κ2) is 5.29. The normalized spacial score (nSPS) is 11.9. The van der Waals surface area contributed by atoms with Gasteiger partial charge in [-0.25, -0.2) is 15.0 Å². The molecule has 0 bridgehead atoms. The summed E-state index contributed by atoms with van der Waals surface area (Å²) in [6.45, 7) is 0. The minimum atomic E-state index is -4.53. The average Bonchev–Trinajstić information content (AvgIpc) is 2.90. The largest absolute Gasteiger partial charge is 0.416 e. The lowest BCUT2D eigenvalue weighted by Crippen LogP contribution is -2.06. The first kappa shape index (κ1) is 14.9. The van der Waals surface area contributed by atoms with Crippen molar-refractivity contribution in [3.63, 3.8) is 0 Å². The molecule has 1 aromatic carbocycles. The van der Waals surface area contributed by atoms with E-state index in [2.05, 4.69) is 25.3 Å². The summed E-state index contributed by atoms with van der Waals surface area (Å²) >= 11 is 11.8. The highest BCUT2D eigenvalue weighted by atomic mass is 35.5. The Bertz CT molecular complexity index is 823. The van der Waals surface area contributed by atoms with Crippen molar-refractivity contribution in [2.24, 2.45) is 0 Å². The number of hydrogen-bond acceptors (Lipinski definition) is 4. The van der Waals surface area contributed by atoms with Crippen LogP contribution in [0.1, 0.15) is 5.56 Å². The van der Waals surface area contributed by atoms with Crippen molar-refractivity contribution in [3.8, 4) is 0 Å². The standard InChI is InChI=1S/C12H6Cl2F3N5/c13-6-1-5(12(15,16)17)2-7(14)8(6)22-11-9-10(19-3-18-9)20-4-21-11/h1-4H,(H2,18,19,20,21,22). The van der Waals surface area contributed by atoms with Gasteiger partial charge in [0.1, 0.15) is 11.8 Å². The van der Waals surface area contributed by atoms with E-state index in [9.17, 15) is 13.2 Å². The molecule has 2 N–H and O–H groups in total. The molecule has 0 saturated heterocycles. The van der Waals surface area contributed by atoms with Crippen LogP contribution in [0, 0.1) is 0 Å². The molecule has 0 aliphatic heterocycles. The maximum Gasteiger partial charge on any atom is 0.416 e. The number of rotatable bonds is 2. The number of anilines is 2. The van der Waals surface area contributed by atoms with Crippen molar-refractivity contribution < 1.29 is 13.2 Å². The van der Waals surface area contributed by atoms with Crippen molar-refractivity contribution in [3.05, 3.63) is 40.4 Å². The highest BCUT2D eigenvalue weighted by molar-refractivity contribution is 6.39. The van der Waals surface area contributed by atoms with Crippen molar-refractivity contribution in [2.75, 3.05) is 5.32 Å². The average molecular weight is 348 g/mol. The Labute approximate surface area is 131 Å². The quantitative estimate of drug-likeness (QED) is 0.719. The summed E-state index contributed by atoms with van der Waals surface area (Å²) in [5, 5.41) is 2.44. The summed E-state index contributed by atoms with van der Waals surface area (Å²) in [6.07, 6.45) is -1.85. The number of nitrogens with zero attached hydrogens (tertiary/aromatic N) is 3. The monoisotopic (exact) mass is 347 g/mol. The van der Waals surface area contributed by atoms with Gasteiger partial charge in [-0.1, -0.05) is 23.2 Å². The van der Waals surface area contributed by atoms with Gasteiger partial charge in [0.15, 0.2) is 11.5 Å². The second-order valence-electron chi connectivity index (χ2n) is 4.26. The van der Waals surface area contributed by atoms with Crippen LogP contribution in [0.5, 0.6) is 0 Å². The summed E-state index contributed by atoms with van der Waals surface area (Å²) < 4.78 is 38.1. The molecular weight excluding hydrogens is 342 g/mol. The van der Waals surface area contributed by atoms with Crippen LogP contribution >= 0.6 is 23.2 Å². The van der Waals surface area contributed by atoms with Crippen molar-refractivity contribution in [1.29, 1.82) is 0 Å². The number of benzene rings is 1. The Morgan fingerprint density at radius 2 is 1.73 bits per heavy atom.